The minimum atomic E-state index is -3.68. The number of hydrogen-bond donors (Lipinski definition) is 2. The molecule has 0 amide bonds. The summed E-state index contributed by atoms with van der Waals surface area (Å²) < 4.78 is 38.1. The molecule has 1 heterocycles. The Hall–Kier alpha value is -0.990. The van der Waals surface area contributed by atoms with Crippen LogP contribution in [0.3, 0.4) is 0 Å². The van der Waals surface area contributed by atoms with Gasteiger partial charge in [0.25, 0.3) is 10.0 Å². The quantitative estimate of drug-likeness (QED) is 0.707. The third kappa shape index (κ3) is 5.18. The summed E-state index contributed by atoms with van der Waals surface area (Å²) in [7, 11) is -4.67. The van der Waals surface area contributed by atoms with Crippen molar-refractivity contribution in [2.24, 2.45) is 0 Å². The van der Waals surface area contributed by atoms with Crippen molar-refractivity contribution < 1.29 is 12.6 Å². The van der Waals surface area contributed by atoms with Crippen LogP contribution in [0.15, 0.2) is 23.4 Å². The fraction of sp³-hybridized carbons (Fsp3) is 0.583. The number of aromatic nitrogens is 1. The molecule has 1 rings (SSSR count). The molecule has 1 aromatic rings. The molecule has 8 heteroatoms. The zero-order valence-electron chi connectivity index (χ0n) is 11.8. The van der Waals surface area contributed by atoms with Gasteiger partial charge in [-0.15, -0.1) is 0 Å². The highest BCUT2D eigenvalue weighted by Crippen LogP contribution is 2.17. The first-order chi connectivity index (χ1) is 9.51. The molecule has 1 aromatic heterocycles. The molecule has 0 radical (unpaired) electrons. The van der Waals surface area contributed by atoms with Crippen LogP contribution in [-0.2, 0) is 20.8 Å². The van der Waals surface area contributed by atoms with Crippen LogP contribution in [0, 0.1) is 0 Å². The smallest absolute Gasteiger partial charge is 0.260 e. The number of sulfonamides is 1. The fourth-order valence-corrected chi connectivity index (χ4v) is 3.39. The molecule has 0 bridgehead atoms. The van der Waals surface area contributed by atoms with Crippen molar-refractivity contribution in [1.82, 2.24) is 9.71 Å². The normalized spacial score (nSPS) is 13.1. The third-order valence-corrected chi connectivity index (χ3v) is 5.26. The van der Waals surface area contributed by atoms with Crippen molar-refractivity contribution in [3.63, 3.8) is 0 Å². The average Bonchev–Trinajstić information content (AvgIpc) is 2.45. The molecule has 0 aliphatic rings. The molecule has 1 atom stereocenters. The maximum atomic E-state index is 12.2. The van der Waals surface area contributed by atoms with Gasteiger partial charge in [0.1, 0.15) is 0 Å². The molecular weight excluding hydrogens is 298 g/mol. The van der Waals surface area contributed by atoms with Gasteiger partial charge in [0.15, 0.2) is 5.03 Å². The van der Waals surface area contributed by atoms with E-state index in [1.165, 1.54) is 6.20 Å². The predicted molar refractivity (Wildman–Crippen MR) is 81.8 cm³/mol. The molecule has 0 aromatic carbocycles. The zero-order chi connectivity index (χ0) is 15.0. The Morgan fingerprint density at radius 2 is 2.05 bits per heavy atom. The first kappa shape index (κ1) is 17.1. The van der Waals surface area contributed by atoms with Gasteiger partial charge in [-0.2, -0.15) is 0 Å². The second-order valence-corrected chi connectivity index (χ2v) is 7.66. The minimum absolute atomic E-state index is 0.0178. The largest absolute Gasteiger partial charge is 0.383 e. The predicted octanol–water partition coefficient (Wildman–Crippen LogP) is 0.950. The van der Waals surface area contributed by atoms with Gasteiger partial charge in [0.05, 0.1) is 5.69 Å². The molecule has 0 saturated heterocycles. The van der Waals surface area contributed by atoms with Gasteiger partial charge in [0, 0.05) is 41.6 Å². The first-order valence-corrected chi connectivity index (χ1v) is 9.52. The summed E-state index contributed by atoms with van der Waals surface area (Å²) >= 11 is 0. The molecule has 0 aliphatic heterocycles. The number of nitrogens with one attached hydrogen (secondary N) is 2. The number of anilines is 1. The lowest BCUT2D eigenvalue weighted by Gasteiger charge is -2.11. The summed E-state index contributed by atoms with van der Waals surface area (Å²) in [6.07, 6.45) is 2.33. The minimum Gasteiger partial charge on any atom is -0.383 e. The van der Waals surface area contributed by atoms with E-state index >= 15 is 0 Å². The lowest BCUT2D eigenvalue weighted by molar-refractivity contribution is 0.580. The molecule has 20 heavy (non-hydrogen) atoms. The van der Waals surface area contributed by atoms with Gasteiger partial charge in [-0.25, -0.2) is 18.1 Å². The Morgan fingerprint density at radius 3 is 2.70 bits per heavy atom. The average molecular weight is 319 g/mol. The summed E-state index contributed by atoms with van der Waals surface area (Å²) in [4.78, 5) is 3.93. The second kappa shape index (κ2) is 8.33. The van der Waals surface area contributed by atoms with Crippen LogP contribution in [-0.4, -0.2) is 42.2 Å². The highest BCUT2D eigenvalue weighted by Gasteiger charge is 2.19. The van der Waals surface area contributed by atoms with Crippen LogP contribution < -0.4 is 10.0 Å². The summed E-state index contributed by atoms with van der Waals surface area (Å²) in [5.74, 6) is 0.828. The number of rotatable bonds is 9. The Bertz CT molecular complexity index is 547. The summed E-state index contributed by atoms with van der Waals surface area (Å²) in [6.45, 7) is 4.62. The van der Waals surface area contributed by atoms with E-state index in [0.717, 1.165) is 6.42 Å². The van der Waals surface area contributed by atoms with Crippen molar-refractivity contribution >= 4 is 26.5 Å². The summed E-state index contributed by atoms with van der Waals surface area (Å²) in [6, 6.07) is 3.37. The van der Waals surface area contributed by atoms with Gasteiger partial charge in [-0.3, -0.25) is 4.21 Å². The molecule has 2 N–H and O–H groups in total. The molecule has 0 aliphatic carbocycles. The van der Waals surface area contributed by atoms with E-state index in [-0.39, 0.29) is 11.6 Å². The molecule has 0 saturated carbocycles. The highest BCUT2D eigenvalue weighted by atomic mass is 32.2. The standard InChI is InChI=1S/C12H21N3O3S2/c1-3-7-13-11-6-5-8-14-12(11)20(17,18)15-9-10-19(16)4-2/h5-6,8,13,15H,3-4,7,9-10H2,1-2H3. The van der Waals surface area contributed by atoms with Gasteiger partial charge >= 0.3 is 0 Å². The fourth-order valence-electron chi connectivity index (χ4n) is 1.50. The van der Waals surface area contributed by atoms with Crippen LogP contribution >= 0.6 is 0 Å². The van der Waals surface area contributed by atoms with E-state index < -0.39 is 20.8 Å². The number of pyridine rings is 1. The van der Waals surface area contributed by atoms with Gasteiger partial charge in [-0.1, -0.05) is 13.8 Å². The van der Waals surface area contributed by atoms with Gasteiger partial charge < -0.3 is 5.32 Å². The van der Waals surface area contributed by atoms with E-state index in [9.17, 15) is 12.6 Å². The summed E-state index contributed by atoms with van der Waals surface area (Å²) in [5, 5.41) is 3.02. The Balaban J connectivity index is 2.78. The number of nitrogens with zero attached hydrogens (tertiary/aromatic N) is 1. The first-order valence-electron chi connectivity index (χ1n) is 6.54. The SMILES string of the molecule is CCCNc1cccnc1S(=O)(=O)NCCS(=O)CC. The van der Waals surface area contributed by atoms with E-state index in [1.807, 2.05) is 6.92 Å². The van der Waals surface area contributed by atoms with Crippen molar-refractivity contribution in [3.05, 3.63) is 18.3 Å². The van der Waals surface area contributed by atoms with Crippen LogP contribution in [0.4, 0.5) is 5.69 Å². The van der Waals surface area contributed by atoms with E-state index in [2.05, 4.69) is 15.0 Å². The van der Waals surface area contributed by atoms with Crippen LogP contribution in [0.5, 0.6) is 0 Å². The van der Waals surface area contributed by atoms with Crippen molar-refractivity contribution in [2.45, 2.75) is 25.3 Å². The lowest BCUT2D eigenvalue weighted by atomic mass is 10.4. The maximum Gasteiger partial charge on any atom is 0.260 e. The van der Waals surface area contributed by atoms with E-state index in [1.54, 1.807) is 19.1 Å². The highest BCUT2D eigenvalue weighted by molar-refractivity contribution is 7.89. The Kier molecular flexibility index (Phi) is 7.11. The second-order valence-electron chi connectivity index (χ2n) is 4.11. The van der Waals surface area contributed by atoms with Crippen LogP contribution in [0.25, 0.3) is 0 Å². The third-order valence-electron chi connectivity index (χ3n) is 2.53. The molecule has 0 fully saturated rings. The lowest BCUT2D eigenvalue weighted by Crippen LogP contribution is -2.29. The van der Waals surface area contributed by atoms with Crippen LogP contribution in [0.2, 0.25) is 0 Å². The van der Waals surface area contributed by atoms with E-state index in [0.29, 0.717) is 23.7 Å². The van der Waals surface area contributed by atoms with Crippen LogP contribution in [0.1, 0.15) is 20.3 Å². The summed E-state index contributed by atoms with van der Waals surface area (Å²) in [5.41, 5.74) is 0.485. The monoisotopic (exact) mass is 319 g/mol. The molecule has 114 valence electrons. The van der Waals surface area contributed by atoms with Gasteiger partial charge in [0.2, 0.25) is 0 Å². The molecular formula is C12H21N3O3S2. The van der Waals surface area contributed by atoms with Gasteiger partial charge in [-0.05, 0) is 18.6 Å². The van der Waals surface area contributed by atoms with Crippen molar-refractivity contribution in [2.75, 3.05) is 29.9 Å². The zero-order valence-corrected chi connectivity index (χ0v) is 13.4. The number of hydrogen-bond acceptors (Lipinski definition) is 5. The Labute approximate surface area is 122 Å². The van der Waals surface area contributed by atoms with E-state index in [4.69, 9.17) is 0 Å². The maximum absolute atomic E-state index is 12.2. The molecule has 1 unspecified atom stereocenters. The Morgan fingerprint density at radius 1 is 1.30 bits per heavy atom. The molecule has 0 spiro atoms. The van der Waals surface area contributed by atoms with Crippen molar-refractivity contribution in [1.29, 1.82) is 0 Å². The topological polar surface area (TPSA) is 88.2 Å². The molecule has 6 nitrogen and oxygen atoms in total. The van der Waals surface area contributed by atoms with Crippen molar-refractivity contribution in [3.8, 4) is 0 Å².